The monoisotopic (exact) mass is 355 g/mol. The van der Waals surface area contributed by atoms with E-state index in [-0.39, 0.29) is 30.0 Å². The van der Waals surface area contributed by atoms with E-state index < -0.39 is 0 Å². The van der Waals surface area contributed by atoms with Crippen LogP contribution in [0.2, 0.25) is 5.02 Å². The van der Waals surface area contributed by atoms with E-state index in [1.54, 1.807) is 18.2 Å². The van der Waals surface area contributed by atoms with Crippen LogP contribution in [0.5, 0.6) is 0 Å². The van der Waals surface area contributed by atoms with Gasteiger partial charge in [-0.25, -0.2) is 0 Å². The zero-order valence-electron chi connectivity index (χ0n) is 12.7. The van der Waals surface area contributed by atoms with Gasteiger partial charge in [-0.1, -0.05) is 35.8 Å². The molecule has 1 aromatic heterocycles. The van der Waals surface area contributed by atoms with Crippen molar-refractivity contribution >= 4 is 29.9 Å². The topological polar surface area (TPSA) is 67.2 Å². The fourth-order valence-electron chi connectivity index (χ4n) is 2.59. The highest BCUT2D eigenvalue weighted by atomic mass is 35.5. The van der Waals surface area contributed by atoms with Gasteiger partial charge in [0.25, 0.3) is 5.91 Å². The van der Waals surface area contributed by atoms with Crippen LogP contribution in [0.25, 0.3) is 11.3 Å². The van der Waals surface area contributed by atoms with Crippen molar-refractivity contribution < 1.29 is 9.32 Å². The van der Waals surface area contributed by atoms with Crippen molar-refractivity contribution in [2.45, 2.75) is 19.4 Å². The van der Waals surface area contributed by atoms with Crippen molar-refractivity contribution in [1.82, 2.24) is 15.8 Å². The number of piperidine rings is 1. The summed E-state index contributed by atoms with van der Waals surface area (Å²) in [6, 6.07) is 9.01. The fourth-order valence-corrected chi connectivity index (χ4v) is 2.78. The van der Waals surface area contributed by atoms with E-state index in [2.05, 4.69) is 22.7 Å². The largest absolute Gasteiger partial charge is 0.355 e. The summed E-state index contributed by atoms with van der Waals surface area (Å²) < 4.78 is 5.26. The lowest BCUT2D eigenvalue weighted by molar-refractivity contribution is 0.0906. The molecular weight excluding hydrogens is 337 g/mol. The molecule has 3 rings (SSSR count). The van der Waals surface area contributed by atoms with Crippen LogP contribution in [0.15, 0.2) is 34.9 Å². The van der Waals surface area contributed by atoms with E-state index in [9.17, 15) is 4.79 Å². The van der Waals surface area contributed by atoms with Crippen molar-refractivity contribution in [3.05, 3.63) is 41.0 Å². The molecule has 1 aliphatic heterocycles. The van der Waals surface area contributed by atoms with Crippen LogP contribution >= 0.6 is 24.0 Å². The first kappa shape index (κ1) is 17.8. The van der Waals surface area contributed by atoms with Gasteiger partial charge in [-0.15, -0.1) is 12.4 Å². The van der Waals surface area contributed by atoms with Crippen molar-refractivity contribution in [2.75, 3.05) is 13.1 Å². The number of benzene rings is 1. The molecular formula is C16H19Cl2N3O2. The summed E-state index contributed by atoms with van der Waals surface area (Å²) in [5.41, 5.74) is 1.08. The lowest BCUT2D eigenvalue weighted by Gasteiger charge is -2.29. The predicted molar refractivity (Wildman–Crippen MR) is 92.1 cm³/mol. The molecule has 23 heavy (non-hydrogen) atoms. The third-order valence-electron chi connectivity index (χ3n) is 4.00. The maximum Gasteiger partial charge on any atom is 0.273 e. The number of aromatic nitrogens is 1. The average Bonchev–Trinajstić information content (AvgIpc) is 2.99. The van der Waals surface area contributed by atoms with E-state index in [0.717, 1.165) is 25.1 Å². The van der Waals surface area contributed by atoms with E-state index in [1.165, 1.54) is 0 Å². The van der Waals surface area contributed by atoms with Gasteiger partial charge in [0.05, 0.1) is 0 Å². The van der Waals surface area contributed by atoms with Gasteiger partial charge in [0.15, 0.2) is 11.5 Å². The molecule has 124 valence electrons. The van der Waals surface area contributed by atoms with E-state index in [4.69, 9.17) is 16.1 Å². The minimum absolute atomic E-state index is 0. The number of hydrogen-bond acceptors (Lipinski definition) is 4. The van der Waals surface area contributed by atoms with Gasteiger partial charge in [-0.2, -0.15) is 0 Å². The molecule has 2 unspecified atom stereocenters. The molecule has 0 spiro atoms. The summed E-state index contributed by atoms with van der Waals surface area (Å²) in [5.74, 6) is 0.768. The minimum Gasteiger partial charge on any atom is -0.355 e. The molecule has 2 N–H and O–H groups in total. The second-order valence-corrected chi connectivity index (χ2v) is 6.07. The van der Waals surface area contributed by atoms with Gasteiger partial charge in [0.1, 0.15) is 0 Å². The molecule has 2 aromatic rings. The van der Waals surface area contributed by atoms with Crippen LogP contribution in [-0.2, 0) is 0 Å². The number of hydrogen-bond donors (Lipinski definition) is 2. The Labute approximate surface area is 146 Å². The summed E-state index contributed by atoms with van der Waals surface area (Å²) in [7, 11) is 0. The molecule has 0 radical (unpaired) electrons. The molecule has 1 aromatic carbocycles. The minimum atomic E-state index is -0.211. The number of halogens is 2. The number of nitrogens with zero attached hydrogens (tertiary/aromatic N) is 1. The summed E-state index contributed by atoms with van der Waals surface area (Å²) >= 11 is 5.96. The summed E-state index contributed by atoms with van der Waals surface area (Å²) in [6.45, 7) is 3.92. The molecule has 1 saturated heterocycles. The van der Waals surface area contributed by atoms with Crippen LogP contribution < -0.4 is 10.6 Å². The molecule has 7 heteroatoms. The second-order valence-electron chi connectivity index (χ2n) is 5.64. The fraction of sp³-hybridized carbons (Fsp3) is 0.375. The van der Waals surface area contributed by atoms with Crippen molar-refractivity contribution in [2.24, 2.45) is 5.92 Å². The Bertz CT molecular complexity index is 675. The highest BCUT2D eigenvalue weighted by Crippen LogP contribution is 2.23. The van der Waals surface area contributed by atoms with Crippen LogP contribution in [-0.4, -0.2) is 30.2 Å². The Morgan fingerprint density at radius 2 is 2.26 bits per heavy atom. The van der Waals surface area contributed by atoms with Gasteiger partial charge >= 0.3 is 0 Å². The Kier molecular flexibility index (Phi) is 6.04. The SMILES string of the molecule is CC1CCNCC1NC(=O)c1cc(-c2cccc(Cl)c2)on1.Cl. The number of amides is 1. The first-order valence-corrected chi connectivity index (χ1v) is 7.75. The van der Waals surface area contributed by atoms with E-state index in [1.807, 2.05) is 12.1 Å². The molecule has 2 atom stereocenters. The lowest BCUT2D eigenvalue weighted by Crippen LogP contribution is -2.50. The molecule has 1 fully saturated rings. The summed E-state index contributed by atoms with van der Waals surface area (Å²) in [5, 5.41) is 10.8. The van der Waals surface area contributed by atoms with Gasteiger partial charge in [0.2, 0.25) is 0 Å². The third kappa shape index (κ3) is 4.25. The Morgan fingerprint density at radius 1 is 1.43 bits per heavy atom. The zero-order chi connectivity index (χ0) is 15.5. The van der Waals surface area contributed by atoms with E-state index in [0.29, 0.717) is 16.7 Å². The molecule has 1 amide bonds. The van der Waals surface area contributed by atoms with Crippen molar-refractivity contribution in [3.63, 3.8) is 0 Å². The van der Waals surface area contributed by atoms with Gasteiger partial charge < -0.3 is 15.2 Å². The Morgan fingerprint density at radius 3 is 3.00 bits per heavy atom. The number of carbonyl (C=O) groups is 1. The molecule has 5 nitrogen and oxygen atoms in total. The summed E-state index contributed by atoms with van der Waals surface area (Å²) in [6.07, 6.45) is 1.05. The van der Waals surface area contributed by atoms with Gasteiger partial charge in [-0.3, -0.25) is 4.79 Å². The summed E-state index contributed by atoms with van der Waals surface area (Å²) in [4.78, 5) is 12.3. The van der Waals surface area contributed by atoms with Crippen LogP contribution in [0, 0.1) is 5.92 Å². The number of rotatable bonds is 3. The highest BCUT2D eigenvalue weighted by molar-refractivity contribution is 6.30. The maximum atomic E-state index is 12.3. The number of carbonyl (C=O) groups excluding carboxylic acids is 1. The highest BCUT2D eigenvalue weighted by Gasteiger charge is 2.24. The molecule has 0 saturated carbocycles. The first-order chi connectivity index (χ1) is 10.6. The van der Waals surface area contributed by atoms with Crippen molar-refractivity contribution in [3.8, 4) is 11.3 Å². The maximum absolute atomic E-state index is 12.3. The van der Waals surface area contributed by atoms with Crippen LogP contribution in [0.1, 0.15) is 23.8 Å². The smallest absolute Gasteiger partial charge is 0.273 e. The normalized spacial score (nSPS) is 20.6. The molecule has 1 aliphatic rings. The molecule has 0 aliphatic carbocycles. The second kappa shape index (κ2) is 7.81. The molecule has 2 heterocycles. The third-order valence-corrected chi connectivity index (χ3v) is 4.23. The van der Waals surface area contributed by atoms with Gasteiger partial charge in [-0.05, 0) is 31.0 Å². The molecule has 0 bridgehead atoms. The van der Waals surface area contributed by atoms with Crippen LogP contribution in [0.4, 0.5) is 0 Å². The Balaban J connectivity index is 0.00000192. The van der Waals surface area contributed by atoms with Crippen LogP contribution in [0.3, 0.4) is 0 Å². The van der Waals surface area contributed by atoms with E-state index >= 15 is 0 Å². The zero-order valence-corrected chi connectivity index (χ0v) is 14.3. The predicted octanol–water partition coefficient (Wildman–Crippen LogP) is 3.14. The average molecular weight is 356 g/mol. The Hall–Kier alpha value is -1.56. The van der Waals surface area contributed by atoms with Crippen molar-refractivity contribution in [1.29, 1.82) is 0 Å². The first-order valence-electron chi connectivity index (χ1n) is 7.38. The lowest BCUT2D eigenvalue weighted by atomic mass is 9.95. The standard InChI is InChI=1S/C16H18ClN3O2.ClH/c1-10-5-6-18-9-14(10)19-16(21)13-8-15(22-20-13)11-3-2-4-12(17)7-11;/h2-4,7-8,10,14,18H,5-6,9H2,1H3,(H,19,21);1H. The van der Waals surface area contributed by atoms with Gasteiger partial charge in [0, 0.05) is 29.2 Å². The quantitative estimate of drug-likeness (QED) is 0.887. The number of nitrogens with one attached hydrogen (secondary N) is 2.